The van der Waals surface area contributed by atoms with E-state index in [-0.39, 0.29) is 18.1 Å². The molecular formula is C14H19NO6S. The minimum absolute atomic E-state index is 0.000976. The van der Waals surface area contributed by atoms with E-state index in [1.165, 1.54) is 25.6 Å². The summed E-state index contributed by atoms with van der Waals surface area (Å²) in [6, 6.07) is -0.989. The molecular weight excluding hydrogens is 310 g/mol. The van der Waals surface area contributed by atoms with E-state index in [0.29, 0.717) is 24.2 Å². The molecule has 0 saturated heterocycles. The maximum absolute atomic E-state index is 11.8. The van der Waals surface area contributed by atoms with Crippen molar-refractivity contribution < 1.29 is 29.0 Å². The molecule has 0 bridgehead atoms. The Morgan fingerprint density at radius 1 is 1.32 bits per heavy atom. The molecule has 2 N–H and O–H groups in total. The second-order valence-corrected chi connectivity index (χ2v) is 5.92. The fraction of sp³-hybridized carbons (Fsp3) is 0.571. The fourth-order valence-corrected chi connectivity index (χ4v) is 3.14. The summed E-state index contributed by atoms with van der Waals surface area (Å²) in [5.74, 6) is -1.43. The van der Waals surface area contributed by atoms with Crippen molar-refractivity contribution in [3.63, 3.8) is 0 Å². The number of esters is 1. The summed E-state index contributed by atoms with van der Waals surface area (Å²) in [5, 5.41) is 11.3. The Hall–Kier alpha value is -1.83. The molecule has 0 fully saturated rings. The van der Waals surface area contributed by atoms with Crippen LogP contribution in [0.4, 0.5) is 0 Å². The second-order valence-electron chi connectivity index (χ2n) is 4.89. The second kappa shape index (κ2) is 8.57. The van der Waals surface area contributed by atoms with Gasteiger partial charge in [0.25, 0.3) is 0 Å². The van der Waals surface area contributed by atoms with Gasteiger partial charge in [-0.3, -0.25) is 14.4 Å². The van der Waals surface area contributed by atoms with Gasteiger partial charge in [0, 0.05) is 37.3 Å². The number of nitrogens with one attached hydrogen (secondary N) is 1. The van der Waals surface area contributed by atoms with Gasteiger partial charge in [0.15, 0.2) is 5.78 Å². The predicted octanol–water partition coefficient (Wildman–Crippen LogP) is 0.531. The number of ether oxygens (including phenoxy) is 1. The molecule has 1 atom stereocenters. The third kappa shape index (κ3) is 5.88. The van der Waals surface area contributed by atoms with E-state index in [0.717, 1.165) is 5.57 Å². The average molecular weight is 329 g/mol. The summed E-state index contributed by atoms with van der Waals surface area (Å²) in [6.07, 6.45) is 0.955. The molecule has 22 heavy (non-hydrogen) atoms. The Bertz CT molecular complexity index is 513. The molecule has 122 valence electrons. The predicted molar refractivity (Wildman–Crippen MR) is 80.5 cm³/mol. The third-order valence-corrected chi connectivity index (χ3v) is 4.14. The number of ketones is 1. The first-order valence-electron chi connectivity index (χ1n) is 6.76. The smallest absolute Gasteiger partial charge is 0.327 e. The zero-order valence-corrected chi connectivity index (χ0v) is 13.3. The van der Waals surface area contributed by atoms with Crippen molar-refractivity contribution in [1.29, 1.82) is 0 Å². The van der Waals surface area contributed by atoms with Crippen LogP contribution in [0.15, 0.2) is 11.1 Å². The first-order chi connectivity index (χ1) is 10.3. The molecule has 1 amide bonds. The normalized spacial score (nSPS) is 15.6. The van der Waals surface area contributed by atoms with Crippen LogP contribution in [0.1, 0.15) is 26.7 Å². The lowest BCUT2D eigenvalue weighted by Crippen LogP contribution is -2.41. The number of carbonyl (C=O) groups is 4. The molecule has 0 aromatic rings. The lowest BCUT2D eigenvalue weighted by molar-refractivity contribution is -0.141. The minimum atomic E-state index is -1.12. The van der Waals surface area contributed by atoms with Crippen molar-refractivity contribution in [2.24, 2.45) is 0 Å². The maximum atomic E-state index is 11.8. The summed E-state index contributed by atoms with van der Waals surface area (Å²) >= 11 is 1.26. The Morgan fingerprint density at radius 3 is 2.55 bits per heavy atom. The number of Topliss-reactive ketones (excluding diaryl/α,β-unsaturated/α-hetero) is 1. The van der Waals surface area contributed by atoms with Crippen LogP contribution in [0, 0.1) is 0 Å². The number of aliphatic carboxylic acids is 1. The topological polar surface area (TPSA) is 110 Å². The Balaban J connectivity index is 2.57. The first-order valence-corrected chi connectivity index (χ1v) is 7.91. The van der Waals surface area contributed by atoms with Crippen LogP contribution in [0.25, 0.3) is 0 Å². The Labute approximate surface area is 132 Å². The zero-order chi connectivity index (χ0) is 16.7. The molecule has 0 saturated carbocycles. The summed E-state index contributed by atoms with van der Waals surface area (Å²) < 4.78 is 4.91. The van der Waals surface area contributed by atoms with E-state index in [9.17, 15) is 19.2 Å². The average Bonchev–Trinajstić information content (AvgIpc) is 2.75. The Morgan fingerprint density at radius 2 is 2.00 bits per heavy atom. The molecule has 0 spiro atoms. The van der Waals surface area contributed by atoms with Crippen LogP contribution in [-0.4, -0.2) is 52.9 Å². The molecule has 1 aliphatic carbocycles. The van der Waals surface area contributed by atoms with Crippen molar-refractivity contribution in [3.8, 4) is 0 Å². The quantitative estimate of drug-likeness (QED) is 0.625. The van der Waals surface area contributed by atoms with Crippen LogP contribution >= 0.6 is 11.8 Å². The molecule has 1 rings (SSSR count). The number of hydrogen-bond donors (Lipinski definition) is 2. The number of thioether (sulfide) groups is 1. The number of carboxylic acids is 1. The number of rotatable bonds is 8. The van der Waals surface area contributed by atoms with E-state index in [4.69, 9.17) is 9.84 Å². The van der Waals surface area contributed by atoms with Gasteiger partial charge in [-0.05, 0) is 12.0 Å². The van der Waals surface area contributed by atoms with Crippen molar-refractivity contribution in [2.45, 2.75) is 32.7 Å². The van der Waals surface area contributed by atoms with Gasteiger partial charge < -0.3 is 15.2 Å². The van der Waals surface area contributed by atoms with E-state index in [1.807, 2.05) is 0 Å². The van der Waals surface area contributed by atoms with Crippen LogP contribution in [-0.2, 0) is 23.9 Å². The van der Waals surface area contributed by atoms with E-state index < -0.39 is 23.9 Å². The molecule has 1 aliphatic rings. The van der Waals surface area contributed by atoms with E-state index in [2.05, 4.69) is 5.32 Å². The first kappa shape index (κ1) is 18.2. The van der Waals surface area contributed by atoms with Gasteiger partial charge in [-0.25, -0.2) is 4.79 Å². The minimum Gasteiger partial charge on any atom is -0.480 e. The number of carbonyl (C=O) groups excluding carboxylic acids is 3. The van der Waals surface area contributed by atoms with Crippen molar-refractivity contribution >= 4 is 35.4 Å². The summed E-state index contributed by atoms with van der Waals surface area (Å²) in [4.78, 5) is 44.6. The van der Waals surface area contributed by atoms with Crippen LogP contribution in [0.3, 0.4) is 0 Å². The molecule has 0 unspecified atom stereocenters. The molecule has 7 nitrogen and oxygen atoms in total. The maximum Gasteiger partial charge on any atom is 0.327 e. The zero-order valence-electron chi connectivity index (χ0n) is 12.5. The highest BCUT2D eigenvalue weighted by atomic mass is 32.2. The van der Waals surface area contributed by atoms with Crippen molar-refractivity contribution in [3.05, 3.63) is 11.1 Å². The molecule has 0 radical (unpaired) electrons. The highest BCUT2D eigenvalue weighted by Gasteiger charge is 2.25. The molecule has 0 heterocycles. The van der Waals surface area contributed by atoms with Gasteiger partial charge in [-0.15, -0.1) is 0 Å². The lowest BCUT2D eigenvalue weighted by Gasteiger charge is -2.13. The van der Waals surface area contributed by atoms with E-state index >= 15 is 0 Å². The number of carboxylic acid groups (broad SMARTS) is 1. The van der Waals surface area contributed by atoms with Gasteiger partial charge in [-0.2, -0.15) is 11.8 Å². The summed E-state index contributed by atoms with van der Waals surface area (Å²) in [7, 11) is 0. The number of hydrogen-bond acceptors (Lipinski definition) is 6. The van der Waals surface area contributed by atoms with Crippen LogP contribution in [0.2, 0.25) is 0 Å². The lowest BCUT2D eigenvalue weighted by atomic mass is 10.2. The van der Waals surface area contributed by atoms with Gasteiger partial charge in [-0.1, -0.05) is 0 Å². The standard InChI is InChI=1S/C14H19NO6S/c1-8(16)15-12(14(19)20)7-22-6-11-10(3-4-13(11)18)5-21-9(2)17/h12H,3-7H2,1-2H3,(H,15,16)(H,19,20)/t12-/m0/s1. The van der Waals surface area contributed by atoms with Crippen molar-refractivity contribution in [2.75, 3.05) is 18.1 Å². The molecule has 0 aliphatic heterocycles. The van der Waals surface area contributed by atoms with Gasteiger partial charge >= 0.3 is 11.9 Å². The molecule has 0 aromatic carbocycles. The van der Waals surface area contributed by atoms with Gasteiger partial charge in [0.1, 0.15) is 12.6 Å². The van der Waals surface area contributed by atoms with Gasteiger partial charge in [0.2, 0.25) is 5.91 Å². The van der Waals surface area contributed by atoms with Crippen LogP contribution < -0.4 is 5.32 Å². The van der Waals surface area contributed by atoms with Crippen LogP contribution in [0.5, 0.6) is 0 Å². The highest BCUT2D eigenvalue weighted by Crippen LogP contribution is 2.26. The fourth-order valence-electron chi connectivity index (χ4n) is 1.99. The Kier molecular flexibility index (Phi) is 7.10. The number of amides is 1. The van der Waals surface area contributed by atoms with Gasteiger partial charge in [0.05, 0.1) is 0 Å². The highest BCUT2D eigenvalue weighted by molar-refractivity contribution is 7.99. The third-order valence-electron chi connectivity index (χ3n) is 3.07. The largest absolute Gasteiger partial charge is 0.480 e. The molecule has 0 aromatic heterocycles. The van der Waals surface area contributed by atoms with Crippen molar-refractivity contribution in [1.82, 2.24) is 5.32 Å². The summed E-state index contributed by atoms with van der Waals surface area (Å²) in [5.41, 5.74) is 1.39. The van der Waals surface area contributed by atoms with E-state index in [1.54, 1.807) is 0 Å². The molecule has 8 heteroatoms. The monoisotopic (exact) mass is 329 g/mol. The summed E-state index contributed by atoms with van der Waals surface area (Å²) in [6.45, 7) is 2.66. The SMILES string of the molecule is CC(=O)N[C@@H](CSCC1=C(COC(C)=O)CCC1=O)C(=O)O.